The fourth-order valence-corrected chi connectivity index (χ4v) is 2.40. The van der Waals surface area contributed by atoms with E-state index in [2.05, 4.69) is 15.2 Å². The van der Waals surface area contributed by atoms with Gasteiger partial charge in [-0.15, -0.1) is 5.10 Å². The zero-order chi connectivity index (χ0) is 14.0. The molecule has 4 atom stereocenters. The third-order valence-electron chi connectivity index (χ3n) is 3.49. The Morgan fingerprint density at radius 3 is 2.63 bits per heavy atom. The van der Waals surface area contributed by atoms with Crippen molar-refractivity contribution in [2.45, 2.75) is 23.4 Å². The molecule has 0 radical (unpaired) electrons. The van der Waals surface area contributed by atoms with Crippen LogP contribution in [0.25, 0.3) is 0 Å². The molecule has 0 spiro atoms. The van der Waals surface area contributed by atoms with E-state index in [9.17, 15) is 19.8 Å². The number of carbonyl (C=O) groups excluding carboxylic acids is 2. The van der Waals surface area contributed by atoms with Crippen molar-refractivity contribution in [3.05, 3.63) is 11.6 Å². The Balaban J connectivity index is 1.98. The number of ether oxygens (including phenoxy) is 1. The molecule has 0 unspecified atom stereocenters. The lowest BCUT2D eigenvalue weighted by atomic mass is 10.1. The molecule has 6 N–H and O–H groups in total. The number of primary amides is 1. The fourth-order valence-electron chi connectivity index (χ4n) is 2.40. The second kappa shape index (κ2) is 3.36. The first-order valence-electron chi connectivity index (χ1n) is 5.35. The number of amides is 1. The first-order chi connectivity index (χ1) is 8.87. The number of hydrogen-bond acceptors (Lipinski definition) is 8. The van der Waals surface area contributed by atoms with Crippen molar-refractivity contribution in [2.75, 3.05) is 6.61 Å². The lowest BCUT2D eigenvalue weighted by molar-refractivity contribution is -0.134. The molecule has 19 heavy (non-hydrogen) atoms. The van der Waals surface area contributed by atoms with Gasteiger partial charge in [0.15, 0.2) is 23.1 Å². The van der Waals surface area contributed by atoms with Gasteiger partial charge in [0.25, 0.3) is 5.91 Å². The Morgan fingerprint density at radius 2 is 2.16 bits per heavy atom. The van der Waals surface area contributed by atoms with Crippen LogP contribution in [0.15, 0.2) is 0 Å². The number of Topliss-reactive ketones (excluding diaryl/α,β-unsaturated/α-hetero) is 1. The second-order valence-corrected chi connectivity index (χ2v) is 4.46. The summed E-state index contributed by atoms with van der Waals surface area (Å²) in [5.41, 5.74) is 0.607. The molecule has 1 saturated heterocycles. The molecule has 2 fully saturated rings. The number of rotatable bonds is 3. The van der Waals surface area contributed by atoms with Crippen LogP contribution in [-0.4, -0.2) is 66.1 Å². The summed E-state index contributed by atoms with van der Waals surface area (Å²) in [6, 6.07) is 0. The van der Waals surface area contributed by atoms with Crippen LogP contribution in [0, 0.1) is 0 Å². The van der Waals surface area contributed by atoms with E-state index < -0.39 is 41.7 Å². The summed E-state index contributed by atoms with van der Waals surface area (Å²) < 4.78 is 5.17. The van der Waals surface area contributed by atoms with E-state index >= 15 is 0 Å². The van der Waals surface area contributed by atoms with E-state index in [1.807, 2.05) is 0 Å². The minimum atomic E-state index is -2.20. The van der Waals surface area contributed by atoms with E-state index in [1.165, 1.54) is 0 Å². The first kappa shape index (κ1) is 12.2. The van der Waals surface area contributed by atoms with Crippen LogP contribution in [0.1, 0.15) is 22.5 Å². The molecular weight excluding hydrogens is 260 g/mol. The number of nitrogens with zero attached hydrogens (tertiary/aromatic N) is 2. The van der Waals surface area contributed by atoms with Crippen LogP contribution in [0.4, 0.5) is 0 Å². The predicted molar refractivity (Wildman–Crippen MR) is 54.5 cm³/mol. The van der Waals surface area contributed by atoms with Gasteiger partial charge in [-0.3, -0.25) is 14.7 Å². The molecule has 1 amide bonds. The predicted octanol–water partition coefficient (Wildman–Crippen LogP) is -3.62. The van der Waals surface area contributed by atoms with Gasteiger partial charge in [0.1, 0.15) is 6.10 Å². The van der Waals surface area contributed by atoms with Gasteiger partial charge in [-0.1, -0.05) is 0 Å². The van der Waals surface area contributed by atoms with Crippen molar-refractivity contribution in [3.63, 3.8) is 0 Å². The average molecular weight is 270 g/mol. The molecule has 1 saturated carbocycles. The van der Waals surface area contributed by atoms with Crippen molar-refractivity contribution < 1.29 is 29.6 Å². The van der Waals surface area contributed by atoms with Gasteiger partial charge in [-0.2, -0.15) is 0 Å². The highest BCUT2D eigenvalue weighted by molar-refractivity contribution is 6.16. The second-order valence-electron chi connectivity index (χ2n) is 4.46. The maximum atomic E-state index is 11.6. The van der Waals surface area contributed by atoms with Crippen LogP contribution < -0.4 is 5.73 Å². The standard InChI is InChI=1S/C9H10N4O6/c10-4(15)6-11-5(12-13-6)3-9(18)7(16)8(9,17)2(1-14)19-3/h2-3,14,17-18H,1H2,(H2,10,15)(H,11,12,13)/t2-,3-,8+,9-/m1/s1. The largest absolute Gasteiger partial charge is 0.394 e. The molecule has 0 bridgehead atoms. The van der Waals surface area contributed by atoms with E-state index in [-0.39, 0.29) is 11.6 Å². The van der Waals surface area contributed by atoms with Gasteiger partial charge >= 0.3 is 0 Å². The van der Waals surface area contributed by atoms with Crippen LogP contribution in [0.5, 0.6) is 0 Å². The Labute approximate surface area is 105 Å². The monoisotopic (exact) mass is 270 g/mol. The maximum absolute atomic E-state index is 11.6. The van der Waals surface area contributed by atoms with Gasteiger partial charge in [-0.25, -0.2) is 4.98 Å². The maximum Gasteiger partial charge on any atom is 0.288 e. The lowest BCUT2D eigenvalue weighted by Crippen LogP contribution is -2.34. The zero-order valence-corrected chi connectivity index (χ0v) is 9.40. The number of hydrogen-bond donors (Lipinski definition) is 5. The van der Waals surface area contributed by atoms with Crippen molar-refractivity contribution in [2.24, 2.45) is 5.73 Å². The number of fused-ring (bicyclic) bond motifs is 1. The molecule has 1 aromatic rings. The molecule has 10 heteroatoms. The molecule has 1 aromatic heterocycles. The zero-order valence-electron chi connectivity index (χ0n) is 9.40. The number of aromatic nitrogens is 3. The smallest absolute Gasteiger partial charge is 0.288 e. The van der Waals surface area contributed by atoms with Crippen molar-refractivity contribution in [1.82, 2.24) is 15.2 Å². The molecule has 0 aromatic carbocycles. The lowest BCUT2D eigenvalue weighted by Gasteiger charge is -2.15. The summed E-state index contributed by atoms with van der Waals surface area (Å²) in [4.78, 5) is 26.1. The molecule has 1 aliphatic heterocycles. The number of H-pyrrole nitrogens is 1. The number of aromatic amines is 1. The van der Waals surface area contributed by atoms with Crippen LogP contribution in [0.2, 0.25) is 0 Å². The van der Waals surface area contributed by atoms with E-state index in [0.717, 1.165) is 0 Å². The quantitative estimate of drug-likeness (QED) is 0.374. The number of nitrogens with two attached hydrogens (primary N) is 1. The first-order valence-corrected chi connectivity index (χ1v) is 5.35. The van der Waals surface area contributed by atoms with Crippen LogP contribution in [-0.2, 0) is 9.53 Å². The summed E-state index contributed by atoms with van der Waals surface area (Å²) in [5.74, 6) is -2.24. The third kappa shape index (κ3) is 1.18. The van der Waals surface area contributed by atoms with Crippen LogP contribution >= 0.6 is 0 Å². The molecule has 1 aliphatic carbocycles. The Hall–Kier alpha value is -1.88. The Morgan fingerprint density at radius 1 is 1.47 bits per heavy atom. The van der Waals surface area contributed by atoms with E-state index in [0.29, 0.717) is 0 Å². The Kier molecular flexibility index (Phi) is 2.15. The van der Waals surface area contributed by atoms with Gasteiger partial charge in [0.05, 0.1) is 6.61 Å². The summed E-state index contributed by atoms with van der Waals surface area (Å²) in [6.07, 6.45) is -2.61. The minimum Gasteiger partial charge on any atom is -0.394 e. The molecule has 2 heterocycles. The molecule has 102 valence electrons. The van der Waals surface area contributed by atoms with Crippen LogP contribution in [0.3, 0.4) is 0 Å². The van der Waals surface area contributed by atoms with Crippen molar-refractivity contribution in [1.29, 1.82) is 0 Å². The van der Waals surface area contributed by atoms with Gasteiger partial charge in [-0.05, 0) is 0 Å². The van der Waals surface area contributed by atoms with Crippen molar-refractivity contribution >= 4 is 11.7 Å². The number of aliphatic hydroxyl groups is 3. The number of aliphatic hydroxyl groups excluding tert-OH is 1. The van der Waals surface area contributed by atoms with E-state index in [1.54, 1.807) is 0 Å². The number of carbonyl (C=O) groups is 2. The summed E-state index contributed by atoms with van der Waals surface area (Å²) in [6.45, 7) is -0.655. The van der Waals surface area contributed by atoms with Gasteiger partial charge < -0.3 is 25.8 Å². The molecule has 3 rings (SSSR count). The Bertz CT molecular complexity index is 587. The molecule has 2 aliphatic rings. The number of ketones is 1. The topological polar surface area (TPSA) is 172 Å². The third-order valence-corrected chi connectivity index (χ3v) is 3.49. The van der Waals surface area contributed by atoms with Gasteiger partial charge in [0.2, 0.25) is 11.6 Å². The highest BCUT2D eigenvalue weighted by Gasteiger charge is 2.89. The highest BCUT2D eigenvalue weighted by atomic mass is 16.6. The highest BCUT2D eigenvalue weighted by Crippen LogP contribution is 2.60. The number of nitrogens with one attached hydrogen (secondary N) is 1. The minimum absolute atomic E-state index is 0.128. The summed E-state index contributed by atoms with van der Waals surface area (Å²) in [7, 11) is 0. The normalized spacial score (nSPS) is 40.3. The summed E-state index contributed by atoms with van der Waals surface area (Å²) in [5, 5.41) is 34.9. The fraction of sp³-hybridized carbons (Fsp3) is 0.556. The molecule has 10 nitrogen and oxygen atoms in total. The van der Waals surface area contributed by atoms with E-state index in [4.69, 9.17) is 15.6 Å². The van der Waals surface area contributed by atoms with Crippen molar-refractivity contribution in [3.8, 4) is 0 Å². The summed E-state index contributed by atoms with van der Waals surface area (Å²) >= 11 is 0. The molecular formula is C9H10N4O6. The average Bonchev–Trinajstić information content (AvgIpc) is 2.81. The van der Waals surface area contributed by atoms with Gasteiger partial charge in [0, 0.05) is 0 Å². The SMILES string of the molecule is NC(=O)c1n[nH]c([C@H]2O[C@H](CO)[C@]3(O)C(=O)[C@]23O)n1.